The van der Waals surface area contributed by atoms with E-state index in [1.165, 1.54) is 5.56 Å². The molecule has 0 bridgehead atoms. The smallest absolute Gasteiger partial charge is 0.191 e. The summed E-state index contributed by atoms with van der Waals surface area (Å²) in [5, 5.41) is 14.9. The van der Waals surface area contributed by atoms with E-state index in [0.29, 0.717) is 26.3 Å². The van der Waals surface area contributed by atoms with Crippen LogP contribution in [0.1, 0.15) is 23.6 Å². The topological polar surface area (TPSA) is 76.4 Å². The molecule has 0 atom stereocenters. The summed E-state index contributed by atoms with van der Waals surface area (Å²) in [5.41, 5.74) is 1.18. The van der Waals surface area contributed by atoms with Crippen LogP contribution in [0.2, 0.25) is 0 Å². The van der Waals surface area contributed by atoms with Crippen molar-refractivity contribution in [1.82, 2.24) is 25.4 Å². The molecule has 0 amide bonds. The second kappa shape index (κ2) is 14.6. The minimum atomic E-state index is 0. The first-order chi connectivity index (χ1) is 13.2. The minimum absolute atomic E-state index is 0. The number of hydrogen-bond donors (Lipinski definition) is 2. The molecule has 1 aromatic heterocycles. The van der Waals surface area contributed by atoms with Crippen LogP contribution in [-0.2, 0) is 24.9 Å². The van der Waals surface area contributed by atoms with Crippen LogP contribution in [0.25, 0.3) is 0 Å². The maximum atomic E-state index is 5.72. The van der Waals surface area contributed by atoms with Crippen molar-refractivity contribution in [2.45, 2.75) is 26.5 Å². The van der Waals surface area contributed by atoms with Gasteiger partial charge >= 0.3 is 0 Å². The average molecular weight is 518 g/mol. The van der Waals surface area contributed by atoms with Gasteiger partial charge in [-0.15, -0.1) is 34.2 Å². The number of hydrogen-bond acceptors (Lipinski definition) is 5. The normalized spacial score (nSPS) is 11.2. The molecule has 2 rings (SSSR count). The third-order valence-corrected chi connectivity index (χ3v) is 4.73. The van der Waals surface area contributed by atoms with Gasteiger partial charge in [0.2, 0.25) is 0 Å². The van der Waals surface area contributed by atoms with Crippen LogP contribution in [0.5, 0.6) is 0 Å². The first-order valence-corrected chi connectivity index (χ1v) is 10.6. The summed E-state index contributed by atoms with van der Waals surface area (Å²) in [6.45, 7) is 5.23. The van der Waals surface area contributed by atoms with Crippen molar-refractivity contribution in [2.75, 3.05) is 31.7 Å². The van der Waals surface area contributed by atoms with Gasteiger partial charge in [0.25, 0.3) is 0 Å². The van der Waals surface area contributed by atoms with E-state index >= 15 is 0 Å². The van der Waals surface area contributed by atoms with Gasteiger partial charge < -0.3 is 19.9 Å². The summed E-state index contributed by atoms with van der Waals surface area (Å²) in [7, 11) is 1.95. The van der Waals surface area contributed by atoms with E-state index in [4.69, 9.17) is 4.74 Å². The Hall–Kier alpha value is -1.33. The summed E-state index contributed by atoms with van der Waals surface area (Å²) in [6, 6.07) is 10.2. The molecule has 0 aliphatic rings. The highest BCUT2D eigenvalue weighted by atomic mass is 127. The Kier molecular flexibility index (Phi) is 12.9. The molecular formula is C19H31IN6OS. The average Bonchev–Trinajstić information content (AvgIpc) is 3.01. The van der Waals surface area contributed by atoms with Gasteiger partial charge in [-0.05, 0) is 30.9 Å². The van der Waals surface area contributed by atoms with Crippen LogP contribution in [0.4, 0.5) is 0 Å². The molecule has 0 saturated heterocycles. The standard InChI is InChI=1S/C19H30N6OS.HI/c1-16-23-24-18(25(16)2)14-22-19(20-10-7-13-27-3)21-11-12-26-15-17-8-5-4-6-9-17;/h4-6,8-9H,7,10-15H2,1-3H3,(H2,20,21,22);1H. The molecule has 0 saturated carbocycles. The highest BCUT2D eigenvalue weighted by molar-refractivity contribution is 14.0. The fourth-order valence-corrected chi connectivity index (χ4v) is 2.77. The first-order valence-electron chi connectivity index (χ1n) is 9.18. The number of aliphatic imine (C=N–C) groups is 1. The van der Waals surface area contributed by atoms with Crippen LogP contribution < -0.4 is 10.6 Å². The number of nitrogens with zero attached hydrogens (tertiary/aromatic N) is 4. The zero-order valence-electron chi connectivity index (χ0n) is 16.9. The molecule has 1 heterocycles. The monoisotopic (exact) mass is 518 g/mol. The molecule has 9 heteroatoms. The van der Waals surface area contributed by atoms with Crippen molar-refractivity contribution in [2.24, 2.45) is 12.0 Å². The van der Waals surface area contributed by atoms with E-state index < -0.39 is 0 Å². The van der Waals surface area contributed by atoms with Crippen molar-refractivity contribution < 1.29 is 4.74 Å². The highest BCUT2D eigenvalue weighted by Gasteiger charge is 2.05. The third-order valence-electron chi connectivity index (χ3n) is 4.03. The van der Waals surface area contributed by atoms with Gasteiger partial charge in [-0.25, -0.2) is 4.99 Å². The summed E-state index contributed by atoms with van der Waals surface area (Å²) in [4.78, 5) is 4.63. The zero-order chi connectivity index (χ0) is 19.3. The number of ether oxygens (including phenoxy) is 1. The molecule has 0 aliphatic heterocycles. The maximum absolute atomic E-state index is 5.72. The third kappa shape index (κ3) is 9.24. The van der Waals surface area contributed by atoms with E-state index in [9.17, 15) is 0 Å². The maximum Gasteiger partial charge on any atom is 0.191 e. The molecule has 0 fully saturated rings. The van der Waals surface area contributed by atoms with Crippen LogP contribution in [0.15, 0.2) is 35.3 Å². The van der Waals surface area contributed by atoms with E-state index in [-0.39, 0.29) is 24.0 Å². The van der Waals surface area contributed by atoms with Crippen LogP contribution in [0, 0.1) is 6.92 Å². The van der Waals surface area contributed by atoms with Gasteiger partial charge in [0, 0.05) is 20.1 Å². The number of aromatic nitrogens is 3. The van der Waals surface area contributed by atoms with Crippen molar-refractivity contribution in [3.8, 4) is 0 Å². The Balaban J connectivity index is 0.00000392. The lowest BCUT2D eigenvalue weighted by atomic mass is 10.2. The van der Waals surface area contributed by atoms with E-state index in [1.54, 1.807) is 0 Å². The molecule has 0 spiro atoms. The van der Waals surface area contributed by atoms with Gasteiger partial charge in [-0.2, -0.15) is 11.8 Å². The molecule has 2 N–H and O–H groups in total. The molecule has 0 unspecified atom stereocenters. The van der Waals surface area contributed by atoms with Crippen molar-refractivity contribution >= 4 is 41.7 Å². The molecule has 2 aromatic rings. The number of aryl methyl sites for hydroxylation is 1. The number of benzene rings is 1. The van der Waals surface area contributed by atoms with Crippen molar-refractivity contribution in [3.63, 3.8) is 0 Å². The molecule has 0 aliphatic carbocycles. The lowest BCUT2D eigenvalue weighted by Crippen LogP contribution is -2.39. The molecule has 156 valence electrons. The lowest BCUT2D eigenvalue weighted by Gasteiger charge is -2.13. The molecule has 0 radical (unpaired) electrons. The molecule has 7 nitrogen and oxygen atoms in total. The second-order valence-corrected chi connectivity index (χ2v) is 7.11. The Morgan fingerprint density at radius 3 is 2.61 bits per heavy atom. The lowest BCUT2D eigenvalue weighted by molar-refractivity contribution is 0.125. The van der Waals surface area contributed by atoms with Gasteiger partial charge in [0.05, 0.1) is 13.2 Å². The van der Waals surface area contributed by atoms with E-state index in [0.717, 1.165) is 36.3 Å². The summed E-state index contributed by atoms with van der Waals surface area (Å²) in [5.74, 6) is 3.64. The van der Waals surface area contributed by atoms with E-state index in [1.807, 2.05) is 48.5 Å². The predicted octanol–water partition coefficient (Wildman–Crippen LogP) is 2.75. The molecule has 1 aromatic carbocycles. The number of rotatable bonds is 11. The number of guanidine groups is 1. The van der Waals surface area contributed by atoms with Gasteiger partial charge in [-0.1, -0.05) is 30.3 Å². The minimum Gasteiger partial charge on any atom is -0.375 e. The number of nitrogens with one attached hydrogen (secondary N) is 2. The Morgan fingerprint density at radius 1 is 1.18 bits per heavy atom. The highest BCUT2D eigenvalue weighted by Crippen LogP contribution is 2.01. The van der Waals surface area contributed by atoms with Gasteiger partial charge in [-0.3, -0.25) is 0 Å². The largest absolute Gasteiger partial charge is 0.375 e. The van der Waals surface area contributed by atoms with Crippen LogP contribution in [-0.4, -0.2) is 52.4 Å². The second-order valence-electron chi connectivity index (χ2n) is 6.13. The molecule has 28 heavy (non-hydrogen) atoms. The first kappa shape index (κ1) is 24.7. The van der Waals surface area contributed by atoms with Gasteiger partial charge in [0.1, 0.15) is 12.4 Å². The fraction of sp³-hybridized carbons (Fsp3) is 0.526. The summed E-state index contributed by atoms with van der Waals surface area (Å²) < 4.78 is 7.68. The van der Waals surface area contributed by atoms with Crippen LogP contribution in [0.3, 0.4) is 0 Å². The van der Waals surface area contributed by atoms with Gasteiger partial charge in [0.15, 0.2) is 11.8 Å². The quantitative estimate of drug-likeness (QED) is 0.206. The fourth-order valence-electron chi connectivity index (χ4n) is 2.34. The van der Waals surface area contributed by atoms with E-state index in [2.05, 4.69) is 44.2 Å². The Morgan fingerprint density at radius 2 is 1.93 bits per heavy atom. The zero-order valence-corrected chi connectivity index (χ0v) is 20.0. The van der Waals surface area contributed by atoms with Crippen LogP contribution >= 0.6 is 35.7 Å². The van der Waals surface area contributed by atoms with Crippen molar-refractivity contribution in [3.05, 3.63) is 47.5 Å². The predicted molar refractivity (Wildman–Crippen MR) is 127 cm³/mol. The summed E-state index contributed by atoms with van der Waals surface area (Å²) in [6.07, 6.45) is 3.21. The molecular weight excluding hydrogens is 487 g/mol. The SMILES string of the molecule is CSCCCNC(=NCc1nnc(C)n1C)NCCOCc1ccccc1.I. The number of halogens is 1. The van der Waals surface area contributed by atoms with Crippen molar-refractivity contribution in [1.29, 1.82) is 0 Å². The summed E-state index contributed by atoms with van der Waals surface area (Å²) >= 11 is 1.85. The number of thioether (sulfide) groups is 1. The Bertz CT molecular complexity index is 695. The Labute approximate surface area is 189 Å².